The molecule has 1 fully saturated rings. The van der Waals surface area contributed by atoms with Crippen LogP contribution in [0.4, 0.5) is 4.79 Å². The van der Waals surface area contributed by atoms with Crippen LogP contribution in [0, 0.1) is 0 Å². The van der Waals surface area contributed by atoms with Crippen LogP contribution in [0.5, 0.6) is 5.75 Å². The standard InChI is InChI=1S/C15H21NO3/c1-2-18-13-10-8-12(9-11-13)16-15(17)19-14-6-4-3-5-7-14/h3-7,12-13H,2,8-11H2,1H3,(H,16,17). The second-order valence-electron chi connectivity index (χ2n) is 4.78. The molecule has 1 amide bonds. The lowest BCUT2D eigenvalue weighted by Gasteiger charge is -2.28. The Morgan fingerprint density at radius 3 is 2.53 bits per heavy atom. The average molecular weight is 263 g/mol. The summed E-state index contributed by atoms with van der Waals surface area (Å²) in [6.07, 6.45) is 3.90. The first kappa shape index (κ1) is 13.9. The Hall–Kier alpha value is -1.55. The molecule has 1 N–H and O–H groups in total. The van der Waals surface area contributed by atoms with Gasteiger partial charge in [-0.2, -0.15) is 0 Å². The molecular formula is C15H21NO3. The van der Waals surface area contributed by atoms with E-state index in [1.807, 2.05) is 25.1 Å². The number of nitrogens with one attached hydrogen (secondary N) is 1. The number of rotatable bonds is 4. The number of ether oxygens (including phenoxy) is 2. The van der Waals surface area contributed by atoms with Crippen molar-refractivity contribution < 1.29 is 14.3 Å². The monoisotopic (exact) mass is 263 g/mol. The van der Waals surface area contributed by atoms with E-state index in [2.05, 4.69) is 5.32 Å². The molecule has 0 atom stereocenters. The molecule has 4 heteroatoms. The van der Waals surface area contributed by atoms with Gasteiger partial charge in [0.25, 0.3) is 0 Å². The Kier molecular flexibility index (Phi) is 5.21. The third-order valence-electron chi connectivity index (χ3n) is 3.35. The van der Waals surface area contributed by atoms with Crippen LogP contribution in [-0.4, -0.2) is 24.8 Å². The maximum Gasteiger partial charge on any atom is 0.412 e. The number of carbonyl (C=O) groups is 1. The van der Waals surface area contributed by atoms with Gasteiger partial charge in [0, 0.05) is 12.6 Å². The normalized spacial score (nSPS) is 22.8. The van der Waals surface area contributed by atoms with E-state index in [0.29, 0.717) is 11.9 Å². The van der Waals surface area contributed by atoms with Gasteiger partial charge in [0.15, 0.2) is 0 Å². The fourth-order valence-electron chi connectivity index (χ4n) is 2.40. The average Bonchev–Trinajstić information content (AvgIpc) is 2.42. The summed E-state index contributed by atoms with van der Waals surface area (Å²) in [6.45, 7) is 2.78. The van der Waals surface area contributed by atoms with E-state index < -0.39 is 0 Å². The van der Waals surface area contributed by atoms with Crippen LogP contribution < -0.4 is 10.1 Å². The van der Waals surface area contributed by atoms with Crippen molar-refractivity contribution >= 4 is 6.09 Å². The van der Waals surface area contributed by atoms with Crippen molar-refractivity contribution in [3.63, 3.8) is 0 Å². The minimum Gasteiger partial charge on any atom is -0.410 e. The molecule has 2 rings (SSSR count). The van der Waals surface area contributed by atoms with Gasteiger partial charge >= 0.3 is 6.09 Å². The highest BCUT2D eigenvalue weighted by atomic mass is 16.6. The van der Waals surface area contributed by atoms with Gasteiger partial charge in [-0.15, -0.1) is 0 Å². The Balaban J connectivity index is 1.72. The van der Waals surface area contributed by atoms with Crippen molar-refractivity contribution in [2.24, 2.45) is 0 Å². The van der Waals surface area contributed by atoms with Gasteiger partial charge in [0.1, 0.15) is 5.75 Å². The molecular weight excluding hydrogens is 242 g/mol. The van der Waals surface area contributed by atoms with Crippen molar-refractivity contribution in [3.8, 4) is 5.75 Å². The molecule has 0 aliphatic heterocycles. The number of carbonyl (C=O) groups excluding carboxylic acids is 1. The summed E-state index contributed by atoms with van der Waals surface area (Å²) in [5, 5.41) is 2.91. The van der Waals surface area contributed by atoms with Gasteiger partial charge in [-0.25, -0.2) is 4.79 Å². The summed E-state index contributed by atoms with van der Waals surface area (Å²) < 4.78 is 10.8. The van der Waals surface area contributed by atoms with Crippen molar-refractivity contribution in [2.75, 3.05) is 6.61 Å². The first-order valence-electron chi connectivity index (χ1n) is 6.93. The molecule has 0 spiro atoms. The van der Waals surface area contributed by atoms with Gasteiger partial charge in [-0.05, 0) is 44.7 Å². The summed E-state index contributed by atoms with van der Waals surface area (Å²) >= 11 is 0. The molecule has 1 aromatic carbocycles. The van der Waals surface area contributed by atoms with Crippen LogP contribution in [0.2, 0.25) is 0 Å². The SMILES string of the molecule is CCOC1CCC(NC(=O)Oc2ccccc2)CC1. The van der Waals surface area contributed by atoms with Crippen molar-refractivity contribution in [3.05, 3.63) is 30.3 Å². The minimum atomic E-state index is -0.369. The molecule has 1 aliphatic carbocycles. The van der Waals surface area contributed by atoms with Gasteiger partial charge in [-0.1, -0.05) is 18.2 Å². The molecule has 4 nitrogen and oxygen atoms in total. The molecule has 1 aromatic rings. The fraction of sp³-hybridized carbons (Fsp3) is 0.533. The summed E-state index contributed by atoms with van der Waals surface area (Å²) in [7, 11) is 0. The van der Waals surface area contributed by atoms with Crippen LogP contribution in [0.25, 0.3) is 0 Å². The first-order valence-corrected chi connectivity index (χ1v) is 6.93. The van der Waals surface area contributed by atoms with E-state index in [-0.39, 0.29) is 12.1 Å². The largest absolute Gasteiger partial charge is 0.412 e. The van der Waals surface area contributed by atoms with E-state index in [1.165, 1.54) is 0 Å². The molecule has 0 unspecified atom stereocenters. The summed E-state index contributed by atoms with van der Waals surface area (Å²) in [5.41, 5.74) is 0. The van der Waals surface area contributed by atoms with E-state index in [9.17, 15) is 4.79 Å². The maximum absolute atomic E-state index is 11.7. The van der Waals surface area contributed by atoms with Gasteiger partial charge in [-0.3, -0.25) is 0 Å². The molecule has 0 saturated heterocycles. The zero-order valence-corrected chi connectivity index (χ0v) is 11.3. The molecule has 0 aromatic heterocycles. The lowest BCUT2D eigenvalue weighted by Crippen LogP contribution is -2.40. The fourth-order valence-corrected chi connectivity index (χ4v) is 2.40. The first-order chi connectivity index (χ1) is 9.28. The van der Waals surface area contributed by atoms with E-state index in [0.717, 1.165) is 32.3 Å². The number of hydrogen-bond acceptors (Lipinski definition) is 3. The highest BCUT2D eigenvalue weighted by molar-refractivity contribution is 5.70. The number of benzene rings is 1. The zero-order valence-electron chi connectivity index (χ0n) is 11.3. The number of hydrogen-bond donors (Lipinski definition) is 1. The topological polar surface area (TPSA) is 47.6 Å². The van der Waals surface area contributed by atoms with E-state index in [1.54, 1.807) is 12.1 Å². The van der Waals surface area contributed by atoms with E-state index >= 15 is 0 Å². The van der Waals surface area contributed by atoms with Gasteiger partial charge in [0.05, 0.1) is 6.10 Å². The Bertz CT molecular complexity index is 386. The van der Waals surface area contributed by atoms with Crippen molar-refractivity contribution in [1.29, 1.82) is 0 Å². The summed E-state index contributed by atoms with van der Waals surface area (Å²) in [4.78, 5) is 11.7. The predicted octanol–water partition coefficient (Wildman–Crippen LogP) is 3.12. The van der Waals surface area contributed by atoms with E-state index in [4.69, 9.17) is 9.47 Å². The van der Waals surface area contributed by atoms with Crippen LogP contribution in [0.1, 0.15) is 32.6 Å². The molecule has 1 saturated carbocycles. The van der Waals surface area contributed by atoms with Crippen LogP contribution in [-0.2, 0) is 4.74 Å². The smallest absolute Gasteiger partial charge is 0.410 e. The molecule has 0 bridgehead atoms. The zero-order chi connectivity index (χ0) is 13.5. The Morgan fingerprint density at radius 2 is 1.89 bits per heavy atom. The predicted molar refractivity (Wildman–Crippen MR) is 73.3 cm³/mol. The van der Waals surface area contributed by atoms with Crippen molar-refractivity contribution in [2.45, 2.75) is 44.8 Å². The maximum atomic E-state index is 11.7. The third-order valence-corrected chi connectivity index (χ3v) is 3.35. The minimum absolute atomic E-state index is 0.202. The Labute approximate surface area is 114 Å². The Morgan fingerprint density at radius 1 is 1.21 bits per heavy atom. The third kappa shape index (κ3) is 4.56. The van der Waals surface area contributed by atoms with Gasteiger partial charge < -0.3 is 14.8 Å². The van der Waals surface area contributed by atoms with Crippen LogP contribution in [0.3, 0.4) is 0 Å². The number of amides is 1. The summed E-state index contributed by atoms with van der Waals surface area (Å²) in [6, 6.07) is 9.32. The molecule has 104 valence electrons. The van der Waals surface area contributed by atoms with Gasteiger partial charge in [0.2, 0.25) is 0 Å². The lowest BCUT2D eigenvalue weighted by molar-refractivity contribution is 0.0306. The lowest BCUT2D eigenvalue weighted by atomic mass is 9.93. The molecule has 19 heavy (non-hydrogen) atoms. The number of para-hydroxylation sites is 1. The second-order valence-corrected chi connectivity index (χ2v) is 4.78. The second kappa shape index (κ2) is 7.14. The van der Waals surface area contributed by atoms with Crippen LogP contribution >= 0.6 is 0 Å². The molecule has 0 radical (unpaired) electrons. The highest BCUT2D eigenvalue weighted by Gasteiger charge is 2.23. The quantitative estimate of drug-likeness (QED) is 0.908. The molecule has 1 aliphatic rings. The highest BCUT2D eigenvalue weighted by Crippen LogP contribution is 2.21. The summed E-state index contributed by atoms with van der Waals surface area (Å²) in [5.74, 6) is 0.572. The van der Waals surface area contributed by atoms with Crippen LogP contribution in [0.15, 0.2) is 30.3 Å². The molecule has 0 heterocycles. The van der Waals surface area contributed by atoms with Crippen molar-refractivity contribution in [1.82, 2.24) is 5.32 Å².